The van der Waals surface area contributed by atoms with E-state index in [9.17, 15) is 14.4 Å². The molecular weight excluding hydrogens is 406 g/mol. The number of aryl methyl sites for hydroxylation is 2. The number of anilines is 1. The molecule has 0 aliphatic rings. The van der Waals surface area contributed by atoms with E-state index < -0.39 is 17.5 Å². The lowest BCUT2D eigenvalue weighted by molar-refractivity contribution is -0.123. The van der Waals surface area contributed by atoms with Gasteiger partial charge in [-0.15, -0.1) is 0 Å². The summed E-state index contributed by atoms with van der Waals surface area (Å²) in [6.07, 6.45) is -0.973. The van der Waals surface area contributed by atoms with Crippen LogP contribution in [-0.4, -0.2) is 33.7 Å². The molecule has 32 heavy (non-hydrogen) atoms. The number of benzene rings is 2. The molecule has 166 valence electrons. The highest BCUT2D eigenvalue weighted by Crippen LogP contribution is 2.19. The first kappa shape index (κ1) is 23.1. The molecule has 7 heteroatoms. The van der Waals surface area contributed by atoms with Crippen LogP contribution in [0.4, 0.5) is 5.69 Å². The van der Waals surface area contributed by atoms with Gasteiger partial charge < -0.3 is 10.1 Å². The van der Waals surface area contributed by atoms with Crippen LogP contribution in [0.15, 0.2) is 42.5 Å². The summed E-state index contributed by atoms with van der Waals surface area (Å²) < 4.78 is 5.39. The second-order valence-electron chi connectivity index (χ2n) is 8.79. The van der Waals surface area contributed by atoms with Crippen molar-refractivity contribution in [1.29, 1.82) is 0 Å². The van der Waals surface area contributed by atoms with Gasteiger partial charge in [-0.1, -0.05) is 20.8 Å². The molecule has 1 amide bonds. The third-order valence-electron chi connectivity index (χ3n) is 5.07. The number of aromatic nitrogens is 2. The van der Waals surface area contributed by atoms with Gasteiger partial charge in [0.15, 0.2) is 6.10 Å². The first-order valence-corrected chi connectivity index (χ1v) is 10.4. The Bertz CT molecular complexity index is 1190. The molecule has 0 bridgehead atoms. The van der Waals surface area contributed by atoms with Gasteiger partial charge in [0.1, 0.15) is 0 Å². The maximum atomic E-state index is 12.7. The number of carbonyl (C=O) groups excluding carboxylic acids is 3. The first-order chi connectivity index (χ1) is 15.0. The number of nitrogens with one attached hydrogen (secondary N) is 1. The summed E-state index contributed by atoms with van der Waals surface area (Å²) in [4.78, 5) is 46.3. The number of nitrogens with zero attached hydrogens (tertiary/aromatic N) is 2. The van der Waals surface area contributed by atoms with Gasteiger partial charge in [0.05, 0.1) is 28.0 Å². The minimum atomic E-state index is -0.973. The van der Waals surface area contributed by atoms with Gasteiger partial charge in [-0.05, 0) is 63.2 Å². The second kappa shape index (κ2) is 8.86. The van der Waals surface area contributed by atoms with Crippen molar-refractivity contribution in [3.05, 3.63) is 65.0 Å². The Kier molecular flexibility index (Phi) is 6.39. The Balaban J connectivity index is 1.68. The van der Waals surface area contributed by atoms with Gasteiger partial charge in [0.2, 0.25) is 11.7 Å². The zero-order chi connectivity index (χ0) is 23.6. The summed E-state index contributed by atoms with van der Waals surface area (Å²) in [5.41, 5.74) is 3.65. The predicted octanol–water partition coefficient (Wildman–Crippen LogP) is 4.66. The van der Waals surface area contributed by atoms with Crippen molar-refractivity contribution < 1.29 is 19.1 Å². The number of hydrogen-bond donors (Lipinski definition) is 1. The number of carbonyl (C=O) groups is 3. The lowest BCUT2D eigenvalue weighted by Gasteiger charge is -2.18. The number of ether oxygens (including phenoxy) is 1. The SMILES string of the molecule is Cc1nc2ccc(C(=O)O[C@H](C)C(=O)c3ccc(NC(=O)C(C)(C)C)cc3)cc2nc1C. The summed E-state index contributed by atoms with van der Waals surface area (Å²) in [5.74, 6) is -1.06. The number of fused-ring (bicyclic) bond motifs is 1. The van der Waals surface area contributed by atoms with Crippen LogP contribution in [0.25, 0.3) is 11.0 Å². The molecule has 1 atom stereocenters. The van der Waals surface area contributed by atoms with Crippen LogP contribution in [0.2, 0.25) is 0 Å². The van der Waals surface area contributed by atoms with E-state index in [4.69, 9.17) is 4.74 Å². The van der Waals surface area contributed by atoms with Crippen molar-refractivity contribution in [2.75, 3.05) is 5.32 Å². The molecule has 0 radical (unpaired) electrons. The molecule has 1 N–H and O–H groups in total. The Labute approximate surface area is 187 Å². The molecule has 0 fully saturated rings. The average Bonchev–Trinajstić information content (AvgIpc) is 2.73. The molecule has 3 rings (SSSR count). The fraction of sp³-hybridized carbons (Fsp3) is 0.320. The number of Topliss-reactive ketones (excluding diaryl/α,β-unsaturated/α-hetero) is 1. The number of rotatable bonds is 5. The summed E-state index contributed by atoms with van der Waals surface area (Å²) in [5, 5.41) is 2.81. The third-order valence-corrected chi connectivity index (χ3v) is 5.07. The fourth-order valence-corrected chi connectivity index (χ4v) is 2.91. The van der Waals surface area contributed by atoms with E-state index in [1.807, 2.05) is 34.6 Å². The summed E-state index contributed by atoms with van der Waals surface area (Å²) in [7, 11) is 0. The number of amides is 1. The van der Waals surface area contributed by atoms with Crippen LogP contribution in [0.1, 0.15) is 59.8 Å². The number of esters is 1. The van der Waals surface area contributed by atoms with Crippen molar-refractivity contribution >= 4 is 34.4 Å². The van der Waals surface area contributed by atoms with Gasteiger partial charge in [-0.2, -0.15) is 0 Å². The van der Waals surface area contributed by atoms with Gasteiger partial charge in [0, 0.05) is 16.7 Å². The fourth-order valence-electron chi connectivity index (χ4n) is 2.91. The summed E-state index contributed by atoms with van der Waals surface area (Å²) >= 11 is 0. The van der Waals surface area contributed by atoms with Crippen LogP contribution in [-0.2, 0) is 9.53 Å². The summed E-state index contributed by atoms with van der Waals surface area (Å²) in [6.45, 7) is 10.7. The third kappa shape index (κ3) is 5.17. The predicted molar refractivity (Wildman–Crippen MR) is 123 cm³/mol. The molecule has 0 saturated carbocycles. The molecule has 3 aromatic rings. The van der Waals surface area contributed by atoms with E-state index in [0.29, 0.717) is 27.8 Å². The standard InChI is InChI=1S/C25H27N3O4/c1-14-15(2)27-21-13-18(9-12-20(21)26-14)23(30)32-16(3)22(29)17-7-10-19(11-8-17)28-24(31)25(4,5)6/h7-13,16H,1-6H3,(H,28,31)/t16-/m1/s1. The van der Waals surface area contributed by atoms with Crippen molar-refractivity contribution in [3.8, 4) is 0 Å². The minimum absolute atomic E-state index is 0.121. The van der Waals surface area contributed by atoms with Crippen molar-refractivity contribution in [2.45, 2.75) is 47.6 Å². The van der Waals surface area contributed by atoms with Crippen molar-refractivity contribution in [2.24, 2.45) is 5.41 Å². The average molecular weight is 434 g/mol. The highest BCUT2D eigenvalue weighted by atomic mass is 16.5. The van der Waals surface area contributed by atoms with Gasteiger partial charge >= 0.3 is 5.97 Å². The van der Waals surface area contributed by atoms with Gasteiger partial charge in [-0.25, -0.2) is 14.8 Å². The van der Waals surface area contributed by atoms with Crippen LogP contribution in [0, 0.1) is 19.3 Å². The molecule has 1 heterocycles. The van der Waals surface area contributed by atoms with Gasteiger partial charge in [0.25, 0.3) is 0 Å². The first-order valence-electron chi connectivity index (χ1n) is 10.4. The zero-order valence-electron chi connectivity index (χ0n) is 19.1. The Morgan fingerprint density at radius 3 is 2.03 bits per heavy atom. The van der Waals surface area contributed by atoms with E-state index >= 15 is 0 Å². The highest BCUT2D eigenvalue weighted by molar-refractivity contribution is 6.02. The van der Waals surface area contributed by atoms with Crippen LogP contribution < -0.4 is 5.32 Å². The quantitative estimate of drug-likeness (QED) is 0.464. The van der Waals surface area contributed by atoms with Crippen LogP contribution >= 0.6 is 0 Å². The molecule has 0 unspecified atom stereocenters. The number of ketones is 1. The van der Waals surface area contributed by atoms with E-state index in [0.717, 1.165) is 11.4 Å². The zero-order valence-corrected chi connectivity index (χ0v) is 19.1. The monoisotopic (exact) mass is 433 g/mol. The minimum Gasteiger partial charge on any atom is -0.451 e. The maximum absolute atomic E-state index is 12.7. The normalized spacial score (nSPS) is 12.3. The van der Waals surface area contributed by atoms with Gasteiger partial charge in [-0.3, -0.25) is 9.59 Å². The van der Waals surface area contributed by atoms with Crippen molar-refractivity contribution in [3.63, 3.8) is 0 Å². The molecular formula is C25H27N3O4. The lowest BCUT2D eigenvalue weighted by Crippen LogP contribution is -2.27. The van der Waals surface area contributed by atoms with Crippen molar-refractivity contribution in [1.82, 2.24) is 9.97 Å². The molecule has 7 nitrogen and oxygen atoms in total. The largest absolute Gasteiger partial charge is 0.451 e. The molecule has 2 aromatic carbocycles. The molecule has 0 spiro atoms. The van der Waals surface area contributed by atoms with E-state index in [2.05, 4.69) is 15.3 Å². The van der Waals surface area contributed by atoms with Crippen LogP contribution in [0.3, 0.4) is 0 Å². The van der Waals surface area contributed by atoms with E-state index in [-0.39, 0.29) is 11.7 Å². The Morgan fingerprint density at radius 1 is 0.875 bits per heavy atom. The molecule has 1 aromatic heterocycles. The molecule has 0 saturated heterocycles. The second-order valence-corrected chi connectivity index (χ2v) is 8.79. The Morgan fingerprint density at radius 2 is 1.44 bits per heavy atom. The smallest absolute Gasteiger partial charge is 0.338 e. The molecule has 0 aliphatic heterocycles. The van der Waals surface area contributed by atoms with E-state index in [1.165, 1.54) is 6.92 Å². The summed E-state index contributed by atoms with van der Waals surface area (Å²) in [6, 6.07) is 11.4. The lowest BCUT2D eigenvalue weighted by atomic mass is 9.95. The maximum Gasteiger partial charge on any atom is 0.338 e. The topological polar surface area (TPSA) is 98.2 Å². The van der Waals surface area contributed by atoms with E-state index in [1.54, 1.807) is 42.5 Å². The van der Waals surface area contributed by atoms with Crippen LogP contribution in [0.5, 0.6) is 0 Å². The molecule has 0 aliphatic carbocycles. The number of hydrogen-bond acceptors (Lipinski definition) is 6. The highest BCUT2D eigenvalue weighted by Gasteiger charge is 2.23. The Hall–Kier alpha value is -3.61.